The second-order valence-corrected chi connectivity index (χ2v) is 18.2. The third kappa shape index (κ3) is 7.48. The maximum atomic E-state index is 6.16. The van der Waals surface area contributed by atoms with Crippen LogP contribution in [-0.2, 0) is 0 Å². The van der Waals surface area contributed by atoms with E-state index in [0.717, 1.165) is 123 Å². The molecule has 8 heteroatoms. The molecule has 11 aromatic carbocycles. The van der Waals surface area contributed by atoms with Gasteiger partial charge in [-0.15, -0.1) is 0 Å². The lowest BCUT2D eigenvalue weighted by Gasteiger charge is -2.27. The normalized spacial score (nSPS) is 11.5. The average molecular weight is 951 g/mol. The molecule has 0 radical (unpaired) electrons. The van der Waals surface area contributed by atoms with Crippen LogP contribution in [0.2, 0.25) is 0 Å². The molecule has 0 saturated heterocycles. The molecule has 348 valence electrons. The molecule has 0 amide bonds. The van der Waals surface area contributed by atoms with E-state index in [1.54, 1.807) is 0 Å². The van der Waals surface area contributed by atoms with Gasteiger partial charge in [0.1, 0.15) is 11.0 Å². The van der Waals surface area contributed by atoms with Crippen LogP contribution >= 0.6 is 0 Å². The van der Waals surface area contributed by atoms with E-state index < -0.39 is 0 Å². The van der Waals surface area contributed by atoms with Gasteiger partial charge in [0.2, 0.25) is 11.8 Å². The van der Waals surface area contributed by atoms with E-state index >= 15 is 0 Å². The molecular formula is C66H42N6O2. The van der Waals surface area contributed by atoms with Crippen LogP contribution in [0.3, 0.4) is 0 Å². The summed E-state index contributed by atoms with van der Waals surface area (Å²) in [5.41, 5.74) is 16.3. The van der Waals surface area contributed by atoms with Crippen LogP contribution in [0.15, 0.2) is 264 Å². The van der Waals surface area contributed by atoms with Crippen molar-refractivity contribution >= 4 is 88.9 Å². The maximum absolute atomic E-state index is 6.16. The third-order valence-electron chi connectivity index (χ3n) is 13.7. The summed E-state index contributed by atoms with van der Waals surface area (Å²) >= 11 is 0. The highest BCUT2D eigenvalue weighted by Crippen LogP contribution is 2.46. The quantitative estimate of drug-likeness (QED) is 0.134. The largest absolute Gasteiger partial charge is 0.436 e. The number of fused-ring (bicyclic) bond motifs is 5. The Morgan fingerprint density at radius 3 is 1.03 bits per heavy atom. The second-order valence-electron chi connectivity index (χ2n) is 18.2. The summed E-state index contributed by atoms with van der Waals surface area (Å²) in [4.78, 5) is 25.2. The molecule has 3 aromatic heterocycles. The number of oxazole rings is 2. The summed E-state index contributed by atoms with van der Waals surface area (Å²) in [5, 5.41) is 4.24. The molecule has 3 heterocycles. The van der Waals surface area contributed by atoms with Crippen LogP contribution in [0, 0.1) is 0 Å². The number of hydrogen-bond acceptors (Lipinski definition) is 8. The first-order chi connectivity index (χ1) is 36.7. The Morgan fingerprint density at radius 2 is 0.608 bits per heavy atom. The minimum absolute atomic E-state index is 0.588. The van der Waals surface area contributed by atoms with Crippen molar-refractivity contribution in [2.45, 2.75) is 0 Å². The number of nitrogens with zero attached hydrogens (tertiary/aromatic N) is 6. The summed E-state index contributed by atoms with van der Waals surface area (Å²) in [6.07, 6.45) is 0. The smallest absolute Gasteiger partial charge is 0.227 e. The topological polar surface area (TPSA) is 84.3 Å². The number of aromatic nitrogens is 4. The fraction of sp³-hybridized carbons (Fsp3) is 0. The molecule has 0 aliphatic heterocycles. The van der Waals surface area contributed by atoms with E-state index in [-0.39, 0.29) is 0 Å². The molecule has 0 aliphatic carbocycles. The van der Waals surface area contributed by atoms with E-state index in [4.69, 9.17) is 28.8 Å². The number of hydrogen-bond donors (Lipinski definition) is 0. The Labute approximate surface area is 425 Å². The van der Waals surface area contributed by atoms with Gasteiger partial charge in [-0.2, -0.15) is 0 Å². The van der Waals surface area contributed by atoms with Gasteiger partial charge < -0.3 is 18.6 Å². The van der Waals surface area contributed by atoms with Gasteiger partial charge in [-0.25, -0.2) is 19.9 Å². The van der Waals surface area contributed by atoms with Crippen LogP contribution in [-0.4, -0.2) is 19.9 Å². The van der Waals surface area contributed by atoms with Gasteiger partial charge in [0.05, 0.1) is 33.8 Å². The number of anilines is 6. The summed E-state index contributed by atoms with van der Waals surface area (Å²) in [5.74, 6) is 1.18. The van der Waals surface area contributed by atoms with Gasteiger partial charge in [-0.1, -0.05) is 133 Å². The summed E-state index contributed by atoms with van der Waals surface area (Å²) in [6.45, 7) is 0. The van der Waals surface area contributed by atoms with Gasteiger partial charge in [0.25, 0.3) is 0 Å². The monoisotopic (exact) mass is 950 g/mol. The molecule has 0 bridgehead atoms. The van der Waals surface area contributed by atoms with E-state index in [1.807, 2.05) is 84.9 Å². The van der Waals surface area contributed by atoms with E-state index in [0.29, 0.717) is 11.8 Å². The van der Waals surface area contributed by atoms with E-state index in [1.165, 1.54) is 0 Å². The number of para-hydroxylation sites is 8. The predicted molar refractivity (Wildman–Crippen MR) is 301 cm³/mol. The molecular weight excluding hydrogens is 909 g/mol. The van der Waals surface area contributed by atoms with Gasteiger partial charge in [0.15, 0.2) is 11.2 Å². The molecule has 0 atom stereocenters. The lowest BCUT2D eigenvalue weighted by atomic mass is 9.94. The Bertz CT molecular complexity index is 4030. The van der Waals surface area contributed by atoms with Crippen molar-refractivity contribution in [3.8, 4) is 45.4 Å². The SMILES string of the molecule is c1ccc(N(c2ccc(-c3nc4ccccc4o3)cc2)c2cccc3c(-c4nc5ccccc5nc4-c4cccc5c(N(c6ccccc6)c6ccc(-c7nc8ccccc8o7)cc6)cccc45)cccc23)cc1. The highest BCUT2D eigenvalue weighted by atomic mass is 16.4. The van der Waals surface area contributed by atoms with Gasteiger partial charge in [-0.05, 0) is 132 Å². The molecule has 0 spiro atoms. The van der Waals surface area contributed by atoms with Crippen molar-refractivity contribution in [1.82, 2.24) is 19.9 Å². The van der Waals surface area contributed by atoms with Crippen LogP contribution in [0.4, 0.5) is 34.1 Å². The van der Waals surface area contributed by atoms with Crippen LogP contribution in [0.1, 0.15) is 0 Å². The van der Waals surface area contributed by atoms with Crippen molar-refractivity contribution in [2.24, 2.45) is 0 Å². The fourth-order valence-electron chi connectivity index (χ4n) is 10.3. The molecule has 0 aliphatic rings. The molecule has 74 heavy (non-hydrogen) atoms. The predicted octanol–water partition coefficient (Wildman–Crippen LogP) is 17.8. The minimum Gasteiger partial charge on any atom is -0.436 e. The summed E-state index contributed by atoms with van der Waals surface area (Å²) in [6, 6.07) is 87.8. The minimum atomic E-state index is 0.588. The summed E-state index contributed by atoms with van der Waals surface area (Å²) in [7, 11) is 0. The van der Waals surface area contributed by atoms with Gasteiger partial charge in [-0.3, -0.25) is 0 Å². The van der Waals surface area contributed by atoms with Crippen molar-refractivity contribution in [3.63, 3.8) is 0 Å². The van der Waals surface area contributed by atoms with Gasteiger partial charge >= 0.3 is 0 Å². The summed E-state index contributed by atoms with van der Waals surface area (Å²) < 4.78 is 12.3. The molecule has 8 nitrogen and oxygen atoms in total. The molecule has 0 unspecified atom stereocenters. The Balaban J connectivity index is 0.905. The average Bonchev–Trinajstić information content (AvgIpc) is 4.11. The van der Waals surface area contributed by atoms with Crippen LogP contribution in [0.5, 0.6) is 0 Å². The molecule has 0 fully saturated rings. The lowest BCUT2D eigenvalue weighted by Crippen LogP contribution is -2.10. The van der Waals surface area contributed by atoms with E-state index in [9.17, 15) is 0 Å². The highest BCUT2D eigenvalue weighted by molar-refractivity contribution is 6.11. The van der Waals surface area contributed by atoms with Crippen LogP contribution < -0.4 is 9.80 Å². The zero-order valence-electron chi connectivity index (χ0n) is 39.7. The highest BCUT2D eigenvalue weighted by Gasteiger charge is 2.23. The Morgan fingerprint density at radius 1 is 0.257 bits per heavy atom. The van der Waals surface area contributed by atoms with Crippen molar-refractivity contribution in [3.05, 3.63) is 255 Å². The molecule has 14 rings (SSSR count). The van der Waals surface area contributed by atoms with Crippen molar-refractivity contribution < 1.29 is 8.83 Å². The molecule has 0 N–H and O–H groups in total. The second kappa shape index (κ2) is 17.9. The van der Waals surface area contributed by atoms with Crippen LogP contribution in [0.25, 0.3) is 100 Å². The first kappa shape index (κ1) is 42.7. The lowest BCUT2D eigenvalue weighted by molar-refractivity contribution is 0.619. The van der Waals surface area contributed by atoms with Gasteiger partial charge in [0, 0.05) is 55.8 Å². The third-order valence-corrected chi connectivity index (χ3v) is 13.7. The zero-order valence-corrected chi connectivity index (χ0v) is 39.7. The van der Waals surface area contributed by atoms with Crippen molar-refractivity contribution in [2.75, 3.05) is 9.80 Å². The zero-order chi connectivity index (χ0) is 49.0. The first-order valence-electron chi connectivity index (χ1n) is 24.6. The number of rotatable bonds is 10. The van der Waals surface area contributed by atoms with E-state index in [2.05, 4.69) is 180 Å². The maximum Gasteiger partial charge on any atom is 0.227 e. The Hall–Kier alpha value is -10.2. The number of benzene rings is 11. The van der Waals surface area contributed by atoms with Crippen molar-refractivity contribution in [1.29, 1.82) is 0 Å². The first-order valence-corrected chi connectivity index (χ1v) is 24.6. The molecule has 14 aromatic rings. The fourth-order valence-corrected chi connectivity index (χ4v) is 10.3. The molecule has 0 saturated carbocycles. The standard InChI is InChI=1S/C66H42N6O2/c1-3-17-45(18-4-1)71(47-39-35-43(36-40-47)65-69-57-29-9-11-33-61(57)73-65)59-31-15-21-49-51(59)23-13-25-53(49)63-64(68-56-28-8-7-27-55(56)67-63)54-26-14-24-52-50(54)22-16-32-60(52)72(46-19-5-2-6-20-46)48-41-37-44(38-42-48)66-70-58-30-10-12-34-62(58)74-66/h1-42H. The Kier molecular flexibility index (Phi) is 10.3.